The van der Waals surface area contributed by atoms with Gasteiger partial charge in [0.25, 0.3) is 5.56 Å². The van der Waals surface area contributed by atoms with Gasteiger partial charge in [0.2, 0.25) is 0 Å². The largest absolute Gasteiger partial charge is 0.453 e. The fraction of sp³-hybridized carbons (Fsp3) is 0.421. The summed E-state index contributed by atoms with van der Waals surface area (Å²) in [6.45, 7) is 4.84. The lowest BCUT2D eigenvalue weighted by atomic mass is 10.3. The minimum Gasteiger partial charge on any atom is -0.453 e. The highest BCUT2D eigenvalue weighted by molar-refractivity contribution is 5.87. The van der Waals surface area contributed by atoms with Crippen LogP contribution in [0.3, 0.4) is 0 Å². The van der Waals surface area contributed by atoms with Crippen LogP contribution >= 0.6 is 0 Å². The number of esters is 1. The molecule has 0 aromatic carbocycles. The van der Waals surface area contributed by atoms with Gasteiger partial charge in [0, 0.05) is 19.3 Å². The van der Waals surface area contributed by atoms with E-state index in [0.29, 0.717) is 30.1 Å². The van der Waals surface area contributed by atoms with Crippen molar-refractivity contribution in [2.24, 2.45) is 0 Å². The van der Waals surface area contributed by atoms with Crippen molar-refractivity contribution in [1.82, 2.24) is 24.1 Å². The second-order valence-electron chi connectivity index (χ2n) is 6.41. The first-order valence-corrected chi connectivity index (χ1v) is 9.37. The molecule has 9 nitrogen and oxygen atoms in total. The lowest BCUT2D eigenvalue weighted by Crippen LogP contribution is -2.31. The Bertz CT molecular complexity index is 1080. The maximum Gasteiger partial charge on any atom is 0.357 e. The average Bonchev–Trinajstić information content (AvgIpc) is 3.05. The molecule has 1 N–H and O–H groups in total. The summed E-state index contributed by atoms with van der Waals surface area (Å²) in [7, 11) is 0. The Morgan fingerprint density at radius 1 is 1.14 bits per heavy atom. The standard InChI is InChI=1S/C19H23N5O4/c1-3-5-11-24-16-15(17(25)22-19(24)27)23(10-4-2)14(21-16)12-28-18(26)13-8-6-7-9-20-13/h6-9H,3-5,10-12H2,1-2H3,(H,22,25,27). The molecular weight excluding hydrogens is 362 g/mol. The van der Waals surface area contributed by atoms with Crippen LogP contribution in [0.5, 0.6) is 0 Å². The summed E-state index contributed by atoms with van der Waals surface area (Å²) in [5.74, 6) is -0.157. The summed E-state index contributed by atoms with van der Waals surface area (Å²) >= 11 is 0. The highest BCUT2D eigenvalue weighted by Crippen LogP contribution is 2.14. The van der Waals surface area contributed by atoms with Crippen LogP contribution in [0.25, 0.3) is 11.2 Å². The number of rotatable bonds is 8. The Labute approximate surface area is 161 Å². The molecule has 0 bridgehead atoms. The average molecular weight is 385 g/mol. The number of aryl methyl sites for hydroxylation is 2. The number of unbranched alkanes of at least 4 members (excludes halogenated alkanes) is 1. The van der Waals surface area contributed by atoms with Crippen LogP contribution in [0.4, 0.5) is 0 Å². The lowest BCUT2D eigenvalue weighted by Gasteiger charge is -2.08. The van der Waals surface area contributed by atoms with Gasteiger partial charge in [0.1, 0.15) is 18.1 Å². The molecule has 0 radical (unpaired) electrons. The molecule has 0 saturated carbocycles. The fourth-order valence-corrected chi connectivity index (χ4v) is 3.00. The van der Waals surface area contributed by atoms with E-state index in [1.807, 2.05) is 13.8 Å². The van der Waals surface area contributed by atoms with Gasteiger partial charge in [-0.25, -0.2) is 19.6 Å². The molecule has 0 unspecified atom stereocenters. The molecule has 9 heteroatoms. The maximum atomic E-state index is 12.4. The predicted molar refractivity (Wildman–Crippen MR) is 103 cm³/mol. The zero-order valence-electron chi connectivity index (χ0n) is 16.0. The van der Waals surface area contributed by atoms with Gasteiger partial charge >= 0.3 is 11.7 Å². The van der Waals surface area contributed by atoms with Crippen molar-refractivity contribution in [3.8, 4) is 0 Å². The number of aromatic nitrogens is 5. The van der Waals surface area contributed by atoms with Crippen LogP contribution in [-0.4, -0.2) is 30.1 Å². The van der Waals surface area contributed by atoms with Gasteiger partial charge in [-0.05, 0) is 25.0 Å². The molecule has 0 amide bonds. The van der Waals surface area contributed by atoms with Crippen molar-refractivity contribution in [3.63, 3.8) is 0 Å². The molecule has 148 valence electrons. The Kier molecular flexibility index (Phi) is 6.03. The normalized spacial score (nSPS) is 11.1. The van der Waals surface area contributed by atoms with Crippen molar-refractivity contribution in [2.75, 3.05) is 0 Å². The molecule has 28 heavy (non-hydrogen) atoms. The van der Waals surface area contributed by atoms with E-state index in [-0.39, 0.29) is 12.3 Å². The second-order valence-corrected chi connectivity index (χ2v) is 6.41. The van der Waals surface area contributed by atoms with E-state index in [1.54, 1.807) is 22.8 Å². The van der Waals surface area contributed by atoms with Gasteiger partial charge in [0.15, 0.2) is 11.2 Å². The molecule has 3 aromatic heterocycles. The highest BCUT2D eigenvalue weighted by Gasteiger charge is 2.19. The monoisotopic (exact) mass is 385 g/mol. The molecular formula is C19H23N5O4. The van der Waals surface area contributed by atoms with Crippen molar-refractivity contribution >= 4 is 17.1 Å². The van der Waals surface area contributed by atoms with E-state index < -0.39 is 17.2 Å². The summed E-state index contributed by atoms with van der Waals surface area (Å²) in [5, 5.41) is 0. The van der Waals surface area contributed by atoms with E-state index >= 15 is 0 Å². The number of hydrogen-bond donors (Lipinski definition) is 1. The summed E-state index contributed by atoms with van der Waals surface area (Å²) in [5.41, 5.74) is -0.139. The first-order chi connectivity index (χ1) is 13.6. The molecule has 0 aliphatic carbocycles. The van der Waals surface area contributed by atoms with Crippen LogP contribution in [0, 0.1) is 0 Å². The molecule has 3 heterocycles. The van der Waals surface area contributed by atoms with Crippen LogP contribution in [0.15, 0.2) is 34.0 Å². The minimum atomic E-state index is -0.576. The number of fused-ring (bicyclic) bond motifs is 1. The summed E-state index contributed by atoms with van der Waals surface area (Å²) in [6.07, 6.45) is 3.94. The van der Waals surface area contributed by atoms with Gasteiger partial charge in [-0.3, -0.25) is 14.3 Å². The van der Waals surface area contributed by atoms with Gasteiger partial charge in [0.05, 0.1) is 0 Å². The number of carbonyl (C=O) groups is 1. The number of hydrogen-bond acceptors (Lipinski definition) is 6. The molecule has 0 spiro atoms. The SMILES string of the molecule is CCCCn1c(=O)[nH]c(=O)c2c1nc(COC(=O)c1ccccn1)n2CCC. The number of carbonyl (C=O) groups excluding carboxylic acids is 1. The van der Waals surface area contributed by atoms with Gasteiger partial charge in [-0.1, -0.05) is 26.3 Å². The molecule has 0 fully saturated rings. The van der Waals surface area contributed by atoms with Crippen molar-refractivity contribution in [3.05, 3.63) is 56.8 Å². The van der Waals surface area contributed by atoms with E-state index in [0.717, 1.165) is 19.3 Å². The predicted octanol–water partition coefficient (Wildman–Crippen LogP) is 1.85. The van der Waals surface area contributed by atoms with Crippen LogP contribution in [-0.2, 0) is 24.4 Å². The molecule has 3 rings (SSSR count). The second kappa shape index (κ2) is 8.64. The van der Waals surface area contributed by atoms with Gasteiger partial charge in [-0.2, -0.15) is 0 Å². The number of nitrogens with zero attached hydrogens (tertiary/aromatic N) is 4. The topological polar surface area (TPSA) is 112 Å². The van der Waals surface area contributed by atoms with E-state index in [2.05, 4.69) is 15.0 Å². The number of ether oxygens (including phenoxy) is 1. The Balaban J connectivity index is 2.00. The van der Waals surface area contributed by atoms with Crippen molar-refractivity contribution < 1.29 is 9.53 Å². The minimum absolute atomic E-state index is 0.120. The summed E-state index contributed by atoms with van der Waals surface area (Å²) in [4.78, 5) is 47.7. The zero-order valence-corrected chi connectivity index (χ0v) is 16.0. The number of pyridine rings is 1. The third-order valence-corrected chi connectivity index (χ3v) is 4.35. The Morgan fingerprint density at radius 3 is 2.64 bits per heavy atom. The molecule has 0 aliphatic heterocycles. The van der Waals surface area contributed by atoms with Crippen LogP contribution in [0.2, 0.25) is 0 Å². The summed E-state index contributed by atoms with van der Waals surface area (Å²) in [6, 6.07) is 4.96. The first-order valence-electron chi connectivity index (χ1n) is 9.37. The third-order valence-electron chi connectivity index (χ3n) is 4.35. The Morgan fingerprint density at radius 2 is 1.96 bits per heavy atom. The third kappa shape index (κ3) is 3.88. The number of imidazole rings is 1. The van der Waals surface area contributed by atoms with E-state index in [1.165, 1.54) is 10.8 Å². The number of nitrogens with one attached hydrogen (secondary N) is 1. The summed E-state index contributed by atoms with van der Waals surface area (Å²) < 4.78 is 8.52. The Hall–Kier alpha value is -3.23. The molecule has 3 aromatic rings. The van der Waals surface area contributed by atoms with E-state index in [9.17, 15) is 14.4 Å². The number of aromatic amines is 1. The van der Waals surface area contributed by atoms with Crippen molar-refractivity contribution in [2.45, 2.75) is 52.8 Å². The van der Waals surface area contributed by atoms with Crippen LogP contribution < -0.4 is 11.2 Å². The molecule has 0 saturated heterocycles. The van der Waals surface area contributed by atoms with Gasteiger partial charge < -0.3 is 9.30 Å². The van der Waals surface area contributed by atoms with Gasteiger partial charge in [-0.15, -0.1) is 0 Å². The quantitative estimate of drug-likeness (QED) is 0.592. The fourth-order valence-electron chi connectivity index (χ4n) is 3.00. The number of H-pyrrole nitrogens is 1. The van der Waals surface area contributed by atoms with Crippen LogP contribution in [0.1, 0.15) is 49.4 Å². The maximum absolute atomic E-state index is 12.4. The van der Waals surface area contributed by atoms with Crippen molar-refractivity contribution in [1.29, 1.82) is 0 Å². The lowest BCUT2D eigenvalue weighted by molar-refractivity contribution is 0.0451. The first kappa shape index (κ1) is 19.5. The highest BCUT2D eigenvalue weighted by atomic mass is 16.5. The molecule has 0 atom stereocenters. The van der Waals surface area contributed by atoms with E-state index in [4.69, 9.17) is 4.74 Å². The zero-order chi connectivity index (χ0) is 20.1. The smallest absolute Gasteiger partial charge is 0.357 e. The molecule has 0 aliphatic rings.